The Morgan fingerprint density at radius 2 is 1.09 bits per heavy atom. The molecule has 0 unspecified atom stereocenters. The van der Waals surface area contributed by atoms with Gasteiger partial charge in [0.15, 0.2) is 0 Å². The number of nitrogens with zero attached hydrogens (tertiary/aromatic N) is 1. The summed E-state index contributed by atoms with van der Waals surface area (Å²) in [6.45, 7) is 0. The molecule has 1 heterocycles. The molecule has 0 atom stereocenters. The highest BCUT2D eigenvalue weighted by Crippen LogP contribution is 2.46. The molecule has 0 saturated heterocycles. The van der Waals surface area contributed by atoms with Crippen molar-refractivity contribution < 1.29 is 38.7 Å². The second-order valence-corrected chi connectivity index (χ2v) is 9.80. The number of anilines is 3. The Labute approximate surface area is 302 Å². The van der Waals surface area contributed by atoms with Gasteiger partial charge in [0.2, 0.25) is 0 Å². The van der Waals surface area contributed by atoms with Crippen molar-refractivity contribution in [1.82, 2.24) is 0 Å². The van der Waals surface area contributed by atoms with Gasteiger partial charge in [-0.15, -0.1) is 0 Å². The van der Waals surface area contributed by atoms with Crippen molar-refractivity contribution in [3.8, 4) is 22.3 Å². The van der Waals surface area contributed by atoms with Crippen molar-refractivity contribution in [3.05, 3.63) is 175 Å². The van der Waals surface area contributed by atoms with E-state index in [1.165, 1.54) is 24.3 Å². The average molecular weight is 613 g/mol. The molecule has 0 radical (unpaired) electrons. The molecule has 2 heteroatoms. The van der Waals surface area contributed by atoms with Crippen molar-refractivity contribution >= 4 is 60.5 Å². The van der Waals surface area contributed by atoms with E-state index in [1.807, 2.05) is 0 Å². The highest BCUT2D eigenvalue weighted by atomic mass is 16.3. The first-order chi connectivity index (χ1) is 33.2. The molecule has 0 N–H and O–H groups in total. The molecule has 216 valence electrons. The molecule has 1 aromatic heterocycles. The molecule has 0 aliphatic carbocycles. The Bertz CT molecular complexity index is 3910. The molecule has 0 saturated carbocycles. The Morgan fingerprint density at radius 3 is 1.83 bits per heavy atom. The Hall–Kier alpha value is -6.12. The van der Waals surface area contributed by atoms with Crippen molar-refractivity contribution in [2.75, 3.05) is 4.90 Å². The Balaban J connectivity index is 1.47. The number of benzene rings is 8. The van der Waals surface area contributed by atoms with Gasteiger partial charge in [-0.05, 0) is 92.7 Å². The van der Waals surface area contributed by atoms with Crippen LogP contribution in [0.3, 0.4) is 0 Å². The molecule has 0 aliphatic heterocycles. The smallest absolute Gasteiger partial charge is 0.145 e. The molecule has 8 aromatic carbocycles. The summed E-state index contributed by atoms with van der Waals surface area (Å²) in [6.07, 6.45) is 0. The van der Waals surface area contributed by atoms with Crippen LogP contribution in [-0.2, 0) is 0 Å². The number of fused-ring (bicyclic) bond motifs is 5. The summed E-state index contributed by atoms with van der Waals surface area (Å²) >= 11 is 0. The zero-order chi connectivity index (χ0) is 52.2. The number of furan rings is 1. The van der Waals surface area contributed by atoms with E-state index in [4.69, 9.17) is 29.1 Å². The summed E-state index contributed by atoms with van der Waals surface area (Å²) in [5.74, 6) is 0. The van der Waals surface area contributed by atoms with Gasteiger partial charge in [-0.25, -0.2) is 0 Å². The van der Waals surface area contributed by atoms with Gasteiger partial charge < -0.3 is 9.32 Å². The lowest BCUT2D eigenvalue weighted by atomic mass is 9.97. The van der Waals surface area contributed by atoms with Gasteiger partial charge in [0.05, 0.1) is 45.3 Å². The van der Waals surface area contributed by atoms with Crippen LogP contribution in [0.4, 0.5) is 17.1 Å². The van der Waals surface area contributed by atoms with Crippen LogP contribution >= 0.6 is 0 Å². The molecule has 0 aliphatic rings. The normalized spacial score (nSPS) is 19.1. The van der Waals surface area contributed by atoms with Crippen LogP contribution < -0.4 is 4.90 Å². The van der Waals surface area contributed by atoms with E-state index in [-0.39, 0.29) is 11.7 Å². The van der Waals surface area contributed by atoms with Gasteiger partial charge in [-0.1, -0.05) is 121 Å². The lowest BCUT2D eigenvalue weighted by Crippen LogP contribution is -2.10. The van der Waals surface area contributed by atoms with Crippen LogP contribution in [0, 0.1) is 0 Å². The van der Waals surface area contributed by atoms with E-state index in [2.05, 4.69) is 0 Å². The van der Waals surface area contributed by atoms with E-state index in [1.54, 1.807) is 0 Å². The first-order valence-electron chi connectivity index (χ1n) is 26.2. The second kappa shape index (κ2) is 10.8. The molecule has 2 nitrogen and oxygen atoms in total. The monoisotopic (exact) mass is 612 g/mol. The molecule has 9 aromatic rings. The zero-order valence-electron chi connectivity index (χ0n) is 48.2. The summed E-state index contributed by atoms with van der Waals surface area (Å²) in [5, 5.41) is -3.09. The fraction of sp³-hybridized carbons (Fsp3) is 0. The third-order valence-electron chi connectivity index (χ3n) is 7.12. The lowest BCUT2D eigenvalue weighted by Gasteiger charge is -2.27. The van der Waals surface area contributed by atoms with Crippen LogP contribution in [0.5, 0.6) is 0 Å². The minimum absolute atomic E-state index is 0.0860. The number of rotatable bonds is 5. The van der Waals surface area contributed by atoms with E-state index < -0.39 is 222 Å². The van der Waals surface area contributed by atoms with E-state index in [9.17, 15) is 9.60 Å². The SMILES string of the molecule is [2H]c1ccc(N(c2c([2H])c([2H])c(-c3c([2H])c([2H])c4c([2H])c([2H])c([2H])c([2H])c4c3[2H])c([2H])c2[2H])c2c([2H])c([2H])c(-c3c([2H])c([2H])c4c([2H])c([2H])c([2H])c([2H])c4c3[2H])c3oc4c([2H])c([2H])c([2H])c([2H])c4c23)cc1. The topological polar surface area (TPSA) is 16.4 Å². The minimum Gasteiger partial charge on any atom is -0.455 e. The number of para-hydroxylation sites is 2. The summed E-state index contributed by atoms with van der Waals surface area (Å²) < 4.78 is 228. The zero-order valence-corrected chi connectivity index (χ0v) is 23.2. The van der Waals surface area contributed by atoms with Gasteiger partial charge in [-0.3, -0.25) is 0 Å². The van der Waals surface area contributed by atoms with E-state index >= 15 is 0 Å². The molecule has 46 heavy (non-hydrogen) atoms. The standard InChI is InChI=1S/C44H29NO/c1-2-14-37(15-3-1)45(38-24-22-32(23-25-38)35-20-18-30-10-4-6-12-33(30)28-35)41-27-26-39(36-21-19-31-11-5-7-13-34(31)29-36)44-43(41)40-16-8-9-17-42(40)46-44/h1-29H/i1D,4D,5D,6D,7D,8D,9D,10D,11D,12D,13D,16D,17D,18D,19D,20D,21D,22D,23D,24D,25D,26D,27D,28D,29D. The van der Waals surface area contributed by atoms with Gasteiger partial charge in [0, 0.05) is 22.3 Å². The highest BCUT2D eigenvalue weighted by Gasteiger charge is 2.22. The predicted molar refractivity (Wildman–Crippen MR) is 194 cm³/mol. The first-order valence-corrected chi connectivity index (χ1v) is 13.7. The predicted octanol–water partition coefficient (Wildman–Crippen LogP) is 12.7. The van der Waals surface area contributed by atoms with Crippen LogP contribution in [-0.4, -0.2) is 0 Å². The third kappa shape index (κ3) is 4.43. The van der Waals surface area contributed by atoms with Crippen LogP contribution in [0.2, 0.25) is 0 Å². The van der Waals surface area contributed by atoms with Crippen LogP contribution in [0.25, 0.3) is 65.7 Å². The average Bonchev–Trinajstić information content (AvgIpc) is 3.73. The fourth-order valence-electron chi connectivity index (χ4n) is 5.06. The summed E-state index contributed by atoms with van der Waals surface area (Å²) in [7, 11) is 0. The molecule has 0 amide bonds. The van der Waals surface area contributed by atoms with Crippen molar-refractivity contribution in [1.29, 1.82) is 0 Å². The third-order valence-corrected chi connectivity index (χ3v) is 7.12. The molecule has 0 fully saturated rings. The maximum Gasteiger partial charge on any atom is 0.145 e. The lowest BCUT2D eigenvalue weighted by molar-refractivity contribution is 0.670. The van der Waals surface area contributed by atoms with Gasteiger partial charge in [0.25, 0.3) is 0 Å². The fourth-order valence-corrected chi connectivity index (χ4v) is 5.06. The Kier molecular flexibility index (Phi) is 2.66. The van der Waals surface area contributed by atoms with Crippen molar-refractivity contribution in [2.24, 2.45) is 0 Å². The summed E-state index contributed by atoms with van der Waals surface area (Å²) in [6, 6.07) is -15.3. The molecular formula is C44H29NO. The van der Waals surface area contributed by atoms with E-state index in [0.717, 1.165) is 4.90 Å². The number of hydrogen-bond acceptors (Lipinski definition) is 2. The van der Waals surface area contributed by atoms with Crippen LogP contribution in [0.15, 0.2) is 180 Å². The van der Waals surface area contributed by atoms with E-state index in [0.29, 0.717) is 0 Å². The molecular weight excluding hydrogens is 558 g/mol. The largest absolute Gasteiger partial charge is 0.455 e. The summed E-state index contributed by atoms with van der Waals surface area (Å²) in [5.41, 5.74) is -5.52. The maximum atomic E-state index is 9.78. The van der Waals surface area contributed by atoms with Gasteiger partial charge in [0.1, 0.15) is 11.2 Å². The van der Waals surface area contributed by atoms with Crippen molar-refractivity contribution in [3.63, 3.8) is 0 Å². The maximum absolute atomic E-state index is 9.78. The van der Waals surface area contributed by atoms with Gasteiger partial charge in [-0.2, -0.15) is 0 Å². The number of hydrogen-bond donors (Lipinski definition) is 0. The second-order valence-electron chi connectivity index (χ2n) is 9.80. The molecule has 9 rings (SSSR count). The summed E-state index contributed by atoms with van der Waals surface area (Å²) in [4.78, 5) is 0.915. The van der Waals surface area contributed by atoms with Crippen molar-refractivity contribution in [2.45, 2.75) is 0 Å². The highest BCUT2D eigenvalue weighted by molar-refractivity contribution is 6.17. The van der Waals surface area contributed by atoms with Gasteiger partial charge >= 0.3 is 0 Å². The molecule has 0 bridgehead atoms. The van der Waals surface area contributed by atoms with Crippen LogP contribution in [0.1, 0.15) is 34.3 Å². The Morgan fingerprint density at radius 1 is 0.478 bits per heavy atom. The minimum atomic E-state index is -0.976. The molecule has 0 spiro atoms. The quantitative estimate of drug-likeness (QED) is 0.192. The first kappa shape index (κ1) is 11.3.